The van der Waals surface area contributed by atoms with Gasteiger partial charge >= 0.3 is 0 Å². The first-order valence-corrected chi connectivity index (χ1v) is 11.0. The summed E-state index contributed by atoms with van der Waals surface area (Å²) in [5, 5.41) is 11.6. The lowest BCUT2D eigenvalue weighted by Gasteiger charge is -2.25. The van der Waals surface area contributed by atoms with Crippen molar-refractivity contribution < 1.29 is 28.9 Å². The Balaban J connectivity index is 1.87. The molecule has 1 aromatic heterocycles. The Morgan fingerprint density at radius 3 is 2.23 bits per heavy atom. The van der Waals surface area contributed by atoms with Gasteiger partial charge in [0.25, 0.3) is 11.7 Å². The van der Waals surface area contributed by atoms with Crippen LogP contribution in [0.5, 0.6) is 17.2 Å². The van der Waals surface area contributed by atoms with E-state index in [0.717, 1.165) is 5.56 Å². The van der Waals surface area contributed by atoms with Crippen molar-refractivity contribution in [1.29, 1.82) is 0 Å². The number of ketones is 1. The third kappa shape index (κ3) is 4.52. The summed E-state index contributed by atoms with van der Waals surface area (Å²) in [6.45, 7) is 0.138. The number of aliphatic hydroxyl groups excluding tert-OH is 1. The van der Waals surface area contributed by atoms with Crippen LogP contribution in [0.15, 0.2) is 66.5 Å². The quantitative estimate of drug-likeness (QED) is 0.295. The standard InChI is InChI=1S/C26H23ClN2O6/c1-33-17-6-4-15(5-7-17)14-29-23(16-8-10-28-11-9-16)22(25(31)26(29)32)24(30)18-12-19(27)21(35-3)13-20(18)34-2/h4-13,23,30H,14H2,1-3H3/b24-22+. The minimum Gasteiger partial charge on any atom is -0.507 e. The number of aromatic nitrogens is 1. The van der Waals surface area contributed by atoms with Gasteiger partial charge in [-0.2, -0.15) is 0 Å². The molecule has 0 saturated carbocycles. The van der Waals surface area contributed by atoms with E-state index < -0.39 is 23.5 Å². The van der Waals surface area contributed by atoms with E-state index in [1.165, 1.54) is 31.3 Å². The normalized spacial score (nSPS) is 16.9. The van der Waals surface area contributed by atoms with Crippen LogP contribution in [0.1, 0.15) is 22.7 Å². The number of hydrogen-bond acceptors (Lipinski definition) is 7. The van der Waals surface area contributed by atoms with Gasteiger partial charge in [0.15, 0.2) is 0 Å². The highest BCUT2D eigenvalue weighted by Gasteiger charge is 2.46. The highest BCUT2D eigenvalue weighted by atomic mass is 35.5. The molecule has 1 unspecified atom stereocenters. The number of carbonyl (C=O) groups is 2. The number of likely N-dealkylation sites (tertiary alicyclic amines) is 1. The first kappa shape index (κ1) is 24.1. The molecule has 0 radical (unpaired) electrons. The molecule has 1 atom stereocenters. The van der Waals surface area contributed by atoms with E-state index in [0.29, 0.717) is 17.1 Å². The van der Waals surface area contributed by atoms with Gasteiger partial charge in [-0.15, -0.1) is 0 Å². The molecule has 35 heavy (non-hydrogen) atoms. The van der Waals surface area contributed by atoms with E-state index in [9.17, 15) is 14.7 Å². The summed E-state index contributed by atoms with van der Waals surface area (Å²) in [7, 11) is 4.44. The molecule has 180 valence electrons. The summed E-state index contributed by atoms with van der Waals surface area (Å²) in [4.78, 5) is 31.9. The second kappa shape index (κ2) is 10.1. The van der Waals surface area contributed by atoms with Gasteiger partial charge in [0.05, 0.1) is 43.5 Å². The van der Waals surface area contributed by atoms with Crippen molar-refractivity contribution in [2.24, 2.45) is 0 Å². The van der Waals surface area contributed by atoms with Gasteiger partial charge in [0.2, 0.25) is 0 Å². The van der Waals surface area contributed by atoms with Gasteiger partial charge in [-0.3, -0.25) is 14.6 Å². The van der Waals surface area contributed by atoms with Gasteiger partial charge in [-0.1, -0.05) is 23.7 Å². The second-order valence-corrected chi connectivity index (χ2v) is 8.15. The van der Waals surface area contributed by atoms with Crippen LogP contribution >= 0.6 is 11.6 Å². The first-order chi connectivity index (χ1) is 16.9. The maximum Gasteiger partial charge on any atom is 0.295 e. The van der Waals surface area contributed by atoms with Crippen LogP contribution in [0, 0.1) is 0 Å². The van der Waals surface area contributed by atoms with E-state index >= 15 is 0 Å². The molecule has 1 amide bonds. The summed E-state index contributed by atoms with van der Waals surface area (Å²) in [6.07, 6.45) is 3.13. The third-order valence-corrected chi connectivity index (χ3v) is 6.10. The average molecular weight is 495 g/mol. The summed E-state index contributed by atoms with van der Waals surface area (Å²) in [6, 6.07) is 12.7. The number of Topliss-reactive ketones (excluding diaryl/α,β-unsaturated/α-hetero) is 1. The van der Waals surface area contributed by atoms with Crippen LogP contribution in [-0.2, 0) is 16.1 Å². The van der Waals surface area contributed by atoms with Gasteiger partial charge in [0, 0.05) is 25.0 Å². The van der Waals surface area contributed by atoms with Crippen LogP contribution < -0.4 is 14.2 Å². The molecule has 8 nitrogen and oxygen atoms in total. The molecule has 1 saturated heterocycles. The molecule has 9 heteroatoms. The topological polar surface area (TPSA) is 98.2 Å². The Labute approximate surface area is 207 Å². The number of carbonyl (C=O) groups excluding carboxylic acids is 2. The Hall–Kier alpha value is -4.04. The van der Waals surface area contributed by atoms with E-state index in [4.69, 9.17) is 25.8 Å². The lowest BCUT2D eigenvalue weighted by Crippen LogP contribution is -2.29. The van der Waals surface area contributed by atoms with Crippen LogP contribution in [0.3, 0.4) is 0 Å². The number of aliphatic hydroxyl groups is 1. The number of nitrogens with zero attached hydrogens (tertiary/aromatic N) is 2. The molecular formula is C26H23ClN2O6. The van der Waals surface area contributed by atoms with Gasteiger partial charge in [-0.25, -0.2) is 0 Å². The average Bonchev–Trinajstić information content (AvgIpc) is 3.14. The first-order valence-electron chi connectivity index (χ1n) is 10.6. The predicted octanol–water partition coefficient (Wildman–Crippen LogP) is 4.38. The molecule has 1 fully saturated rings. The van der Waals surface area contributed by atoms with E-state index in [1.807, 2.05) is 12.1 Å². The van der Waals surface area contributed by atoms with Gasteiger partial charge < -0.3 is 24.2 Å². The summed E-state index contributed by atoms with van der Waals surface area (Å²) < 4.78 is 15.8. The van der Waals surface area contributed by atoms with Crippen molar-refractivity contribution in [3.8, 4) is 17.2 Å². The molecule has 1 aliphatic heterocycles. The lowest BCUT2D eigenvalue weighted by molar-refractivity contribution is -0.140. The molecule has 0 bridgehead atoms. The van der Waals surface area contributed by atoms with Gasteiger partial charge in [0.1, 0.15) is 23.0 Å². The Morgan fingerprint density at radius 2 is 1.63 bits per heavy atom. The van der Waals surface area contributed by atoms with Crippen LogP contribution in [-0.4, -0.2) is 48.0 Å². The number of halogens is 1. The number of methoxy groups -OCH3 is 3. The molecule has 4 rings (SSSR count). The minimum absolute atomic E-state index is 0.0748. The summed E-state index contributed by atoms with van der Waals surface area (Å²) in [5.41, 5.74) is 1.50. The van der Waals surface area contributed by atoms with Crippen LogP contribution in [0.4, 0.5) is 0 Å². The van der Waals surface area contributed by atoms with Crippen molar-refractivity contribution in [3.05, 3.63) is 88.2 Å². The predicted molar refractivity (Wildman–Crippen MR) is 130 cm³/mol. The van der Waals surface area contributed by atoms with Crippen molar-refractivity contribution >= 4 is 29.1 Å². The number of benzene rings is 2. The van der Waals surface area contributed by atoms with E-state index in [1.54, 1.807) is 43.8 Å². The van der Waals surface area contributed by atoms with Gasteiger partial charge in [-0.05, 0) is 41.5 Å². The lowest BCUT2D eigenvalue weighted by atomic mass is 9.95. The summed E-state index contributed by atoms with van der Waals surface area (Å²) in [5.74, 6) is -0.701. The number of rotatable bonds is 7. The number of hydrogen-bond donors (Lipinski definition) is 1. The van der Waals surface area contributed by atoms with Crippen molar-refractivity contribution in [2.45, 2.75) is 12.6 Å². The fourth-order valence-corrected chi connectivity index (χ4v) is 4.29. The molecule has 3 aromatic rings. The molecule has 0 spiro atoms. The zero-order valence-corrected chi connectivity index (χ0v) is 20.1. The zero-order chi connectivity index (χ0) is 25.1. The smallest absolute Gasteiger partial charge is 0.295 e. The molecule has 0 aliphatic carbocycles. The fraction of sp³-hybridized carbons (Fsp3) is 0.192. The Morgan fingerprint density at radius 1 is 0.971 bits per heavy atom. The van der Waals surface area contributed by atoms with Crippen LogP contribution in [0.25, 0.3) is 5.76 Å². The highest BCUT2D eigenvalue weighted by molar-refractivity contribution is 6.46. The minimum atomic E-state index is -0.856. The maximum atomic E-state index is 13.3. The SMILES string of the molecule is COc1ccc(CN2C(=O)C(=O)/C(=C(/O)c3cc(Cl)c(OC)cc3OC)C2c2ccncc2)cc1. The van der Waals surface area contributed by atoms with E-state index in [2.05, 4.69) is 4.98 Å². The Bertz CT molecular complexity index is 1290. The number of ether oxygens (including phenoxy) is 3. The monoisotopic (exact) mass is 494 g/mol. The zero-order valence-electron chi connectivity index (χ0n) is 19.3. The molecule has 1 N–H and O–H groups in total. The Kier molecular flexibility index (Phi) is 6.93. The maximum absolute atomic E-state index is 13.3. The van der Waals surface area contributed by atoms with Crippen molar-refractivity contribution in [2.75, 3.05) is 21.3 Å². The number of amides is 1. The second-order valence-electron chi connectivity index (χ2n) is 7.74. The molecule has 1 aliphatic rings. The largest absolute Gasteiger partial charge is 0.507 e. The van der Waals surface area contributed by atoms with Crippen molar-refractivity contribution in [3.63, 3.8) is 0 Å². The molecular weight excluding hydrogens is 472 g/mol. The summed E-state index contributed by atoms with van der Waals surface area (Å²) >= 11 is 6.29. The highest BCUT2D eigenvalue weighted by Crippen LogP contribution is 2.43. The van der Waals surface area contributed by atoms with Crippen molar-refractivity contribution in [1.82, 2.24) is 9.88 Å². The molecule has 2 aromatic carbocycles. The van der Waals surface area contributed by atoms with E-state index in [-0.39, 0.29) is 28.5 Å². The number of pyridine rings is 1. The molecule has 2 heterocycles. The fourth-order valence-electron chi connectivity index (χ4n) is 4.05. The van der Waals surface area contributed by atoms with Crippen LogP contribution in [0.2, 0.25) is 5.02 Å². The third-order valence-electron chi connectivity index (χ3n) is 5.80.